The van der Waals surface area contributed by atoms with Gasteiger partial charge in [0.15, 0.2) is 5.41 Å². The van der Waals surface area contributed by atoms with Crippen LogP contribution in [0.3, 0.4) is 0 Å². The Balaban J connectivity index is 2.95. The minimum Gasteiger partial charge on any atom is -0.481 e. The molecule has 5 nitrogen and oxygen atoms in total. The molecule has 1 aliphatic heterocycles. The number of likely N-dealkylation sites (tertiary alicyclic amines) is 1. The van der Waals surface area contributed by atoms with Gasteiger partial charge in [-0.05, 0) is 27.2 Å². The summed E-state index contributed by atoms with van der Waals surface area (Å²) >= 11 is 0. The van der Waals surface area contributed by atoms with Crippen LogP contribution in [0.2, 0.25) is 0 Å². The number of amides is 2. The van der Waals surface area contributed by atoms with Crippen molar-refractivity contribution in [3.8, 4) is 0 Å². The normalized spacial score (nSPS) is 23.2. The summed E-state index contributed by atoms with van der Waals surface area (Å²) in [6.07, 6.45) is -5.48. The molecular formula is C12H19F3N2O3. The zero-order valence-corrected chi connectivity index (χ0v) is 11.7. The highest BCUT2D eigenvalue weighted by Crippen LogP contribution is 2.45. The Morgan fingerprint density at radius 1 is 1.40 bits per heavy atom. The van der Waals surface area contributed by atoms with E-state index in [9.17, 15) is 22.8 Å². The molecule has 0 bridgehead atoms. The van der Waals surface area contributed by atoms with E-state index in [0.717, 1.165) is 4.90 Å². The summed E-state index contributed by atoms with van der Waals surface area (Å²) in [5, 5.41) is 8.93. The van der Waals surface area contributed by atoms with Crippen molar-refractivity contribution in [2.75, 3.05) is 19.6 Å². The van der Waals surface area contributed by atoms with E-state index in [-0.39, 0.29) is 12.6 Å². The van der Waals surface area contributed by atoms with Crippen molar-refractivity contribution in [2.45, 2.75) is 39.4 Å². The maximum atomic E-state index is 13.0. The first-order chi connectivity index (χ1) is 9.06. The smallest absolute Gasteiger partial charge is 0.406 e. The average molecular weight is 296 g/mol. The summed E-state index contributed by atoms with van der Waals surface area (Å²) in [4.78, 5) is 25.6. The standard InChI is InChI=1S/C12H19F3N2O3/c1-4-17(8(2)3)10(20)16-6-5-11(7-16,9(18)19)12(13,14)15/h8H,4-7H2,1-3H3,(H,18,19). The van der Waals surface area contributed by atoms with E-state index in [0.29, 0.717) is 6.54 Å². The first-order valence-corrected chi connectivity index (χ1v) is 6.42. The number of urea groups is 1. The van der Waals surface area contributed by atoms with Gasteiger partial charge in [-0.25, -0.2) is 4.79 Å². The van der Waals surface area contributed by atoms with Gasteiger partial charge in [-0.2, -0.15) is 13.2 Å². The Bertz CT molecular complexity index is 398. The number of carbonyl (C=O) groups is 2. The van der Waals surface area contributed by atoms with Crippen LogP contribution in [0.15, 0.2) is 0 Å². The molecule has 1 N–H and O–H groups in total. The van der Waals surface area contributed by atoms with Gasteiger partial charge in [0.1, 0.15) is 0 Å². The molecule has 0 aromatic rings. The van der Waals surface area contributed by atoms with Crippen molar-refractivity contribution in [2.24, 2.45) is 5.41 Å². The molecule has 0 aliphatic carbocycles. The van der Waals surface area contributed by atoms with Crippen molar-refractivity contribution in [3.63, 3.8) is 0 Å². The van der Waals surface area contributed by atoms with Gasteiger partial charge in [0.05, 0.1) is 0 Å². The Labute approximate surface area is 115 Å². The largest absolute Gasteiger partial charge is 0.481 e. The number of rotatable bonds is 3. The molecule has 0 saturated carbocycles. The molecule has 8 heteroatoms. The highest BCUT2D eigenvalue weighted by atomic mass is 19.4. The second kappa shape index (κ2) is 5.49. The molecule has 2 amide bonds. The first kappa shape index (κ1) is 16.6. The minimum absolute atomic E-state index is 0.154. The van der Waals surface area contributed by atoms with Crippen LogP contribution < -0.4 is 0 Å². The van der Waals surface area contributed by atoms with Gasteiger partial charge in [0.25, 0.3) is 0 Å². The minimum atomic E-state index is -4.87. The van der Waals surface area contributed by atoms with Crippen molar-refractivity contribution in [1.82, 2.24) is 9.80 Å². The predicted molar refractivity (Wildman–Crippen MR) is 65.2 cm³/mol. The second-order valence-corrected chi connectivity index (χ2v) is 5.22. The van der Waals surface area contributed by atoms with Crippen molar-refractivity contribution in [1.29, 1.82) is 0 Å². The number of aliphatic carboxylic acids is 1. The lowest BCUT2D eigenvalue weighted by atomic mass is 9.86. The second-order valence-electron chi connectivity index (χ2n) is 5.22. The third kappa shape index (κ3) is 2.69. The highest BCUT2D eigenvalue weighted by molar-refractivity contribution is 5.80. The Morgan fingerprint density at radius 3 is 2.25 bits per heavy atom. The molecule has 0 radical (unpaired) electrons. The van der Waals surface area contributed by atoms with E-state index in [4.69, 9.17) is 5.11 Å². The number of nitrogens with zero attached hydrogens (tertiary/aromatic N) is 2. The fourth-order valence-electron chi connectivity index (χ4n) is 2.40. The van der Waals surface area contributed by atoms with Crippen LogP contribution in [-0.2, 0) is 4.79 Å². The summed E-state index contributed by atoms with van der Waals surface area (Å²) in [6.45, 7) is 4.57. The molecule has 116 valence electrons. The summed E-state index contributed by atoms with van der Waals surface area (Å²) in [5.41, 5.74) is -2.85. The highest BCUT2D eigenvalue weighted by Gasteiger charge is 2.64. The third-order valence-electron chi connectivity index (χ3n) is 3.70. The maximum Gasteiger partial charge on any atom is 0.406 e. The van der Waals surface area contributed by atoms with Gasteiger partial charge in [-0.3, -0.25) is 4.79 Å². The van der Waals surface area contributed by atoms with Crippen LogP contribution in [-0.4, -0.2) is 58.8 Å². The molecule has 1 unspecified atom stereocenters. The molecule has 0 aromatic carbocycles. The summed E-state index contributed by atoms with van der Waals surface area (Å²) in [6, 6.07) is -0.701. The van der Waals surface area contributed by atoms with Gasteiger partial charge in [0.2, 0.25) is 0 Å². The molecule has 0 spiro atoms. The van der Waals surface area contributed by atoms with Crippen LogP contribution in [0, 0.1) is 5.41 Å². The zero-order valence-electron chi connectivity index (χ0n) is 11.7. The number of carbonyl (C=O) groups excluding carboxylic acids is 1. The van der Waals surface area contributed by atoms with Crippen LogP contribution >= 0.6 is 0 Å². The number of carboxylic acid groups (broad SMARTS) is 1. The predicted octanol–water partition coefficient (Wildman–Crippen LogP) is 2.18. The Hall–Kier alpha value is -1.47. The summed E-state index contributed by atoms with van der Waals surface area (Å²) in [7, 11) is 0. The number of halogens is 3. The fourth-order valence-corrected chi connectivity index (χ4v) is 2.40. The lowest BCUT2D eigenvalue weighted by Gasteiger charge is -2.32. The molecular weight excluding hydrogens is 277 g/mol. The topological polar surface area (TPSA) is 60.9 Å². The van der Waals surface area contributed by atoms with Crippen molar-refractivity contribution in [3.05, 3.63) is 0 Å². The van der Waals surface area contributed by atoms with E-state index in [1.807, 2.05) is 0 Å². The van der Waals surface area contributed by atoms with Crippen LogP contribution in [0.4, 0.5) is 18.0 Å². The Morgan fingerprint density at radius 2 is 1.95 bits per heavy atom. The molecule has 1 rings (SSSR count). The van der Waals surface area contributed by atoms with Gasteiger partial charge < -0.3 is 14.9 Å². The number of hydrogen-bond acceptors (Lipinski definition) is 2. The Kier molecular flexibility index (Phi) is 4.55. The quantitative estimate of drug-likeness (QED) is 0.868. The molecule has 1 atom stereocenters. The van der Waals surface area contributed by atoms with Gasteiger partial charge in [0, 0.05) is 25.7 Å². The van der Waals surface area contributed by atoms with Crippen LogP contribution in [0.25, 0.3) is 0 Å². The molecule has 0 aromatic heterocycles. The lowest BCUT2D eigenvalue weighted by Crippen LogP contribution is -2.50. The van der Waals surface area contributed by atoms with Gasteiger partial charge in [-0.15, -0.1) is 0 Å². The van der Waals surface area contributed by atoms with E-state index < -0.39 is 36.6 Å². The van der Waals surface area contributed by atoms with Gasteiger partial charge in [-0.1, -0.05) is 0 Å². The number of alkyl halides is 3. The molecule has 1 heterocycles. The first-order valence-electron chi connectivity index (χ1n) is 6.42. The monoisotopic (exact) mass is 296 g/mol. The van der Waals surface area contributed by atoms with E-state index in [1.165, 1.54) is 4.90 Å². The SMILES string of the molecule is CCN(C(=O)N1CCC(C(=O)O)(C(F)(F)F)C1)C(C)C. The molecule has 20 heavy (non-hydrogen) atoms. The fraction of sp³-hybridized carbons (Fsp3) is 0.833. The molecule has 1 saturated heterocycles. The van der Waals surface area contributed by atoms with Crippen LogP contribution in [0.5, 0.6) is 0 Å². The lowest BCUT2D eigenvalue weighted by molar-refractivity contribution is -0.227. The average Bonchev–Trinajstić information content (AvgIpc) is 2.74. The van der Waals surface area contributed by atoms with E-state index >= 15 is 0 Å². The van der Waals surface area contributed by atoms with Crippen molar-refractivity contribution < 1.29 is 27.9 Å². The third-order valence-corrected chi connectivity index (χ3v) is 3.70. The number of carboxylic acids is 1. The summed E-state index contributed by atoms with van der Waals surface area (Å²) in [5.74, 6) is -1.92. The van der Waals surface area contributed by atoms with E-state index in [1.54, 1.807) is 20.8 Å². The van der Waals surface area contributed by atoms with Gasteiger partial charge >= 0.3 is 18.2 Å². The van der Waals surface area contributed by atoms with Crippen LogP contribution in [0.1, 0.15) is 27.2 Å². The molecule has 1 aliphatic rings. The number of hydrogen-bond donors (Lipinski definition) is 1. The van der Waals surface area contributed by atoms with Crippen molar-refractivity contribution >= 4 is 12.0 Å². The zero-order chi connectivity index (χ0) is 15.7. The van der Waals surface area contributed by atoms with E-state index in [2.05, 4.69) is 0 Å². The molecule has 1 fully saturated rings. The maximum absolute atomic E-state index is 13.0. The summed E-state index contributed by atoms with van der Waals surface area (Å²) < 4.78 is 39.0.